The largest absolute Gasteiger partial charge is 0.337 e. The molecule has 6 heteroatoms. The second-order valence-electron chi connectivity index (χ2n) is 3.00. The molecule has 1 heterocycles. The van der Waals surface area contributed by atoms with Gasteiger partial charge in [0, 0.05) is 0 Å². The lowest BCUT2D eigenvalue weighted by atomic mass is 10.3. The number of nitrogens with zero attached hydrogens (tertiary/aromatic N) is 1. The van der Waals surface area contributed by atoms with Crippen molar-refractivity contribution in [2.75, 3.05) is 5.32 Å². The molecule has 0 spiro atoms. The first-order valence-corrected chi connectivity index (χ1v) is 5.51. The van der Waals surface area contributed by atoms with Crippen LogP contribution >= 0.6 is 22.6 Å². The highest BCUT2D eigenvalue weighted by Crippen LogP contribution is 2.19. The number of rotatable bonds is 2. The van der Waals surface area contributed by atoms with Gasteiger partial charge < -0.3 is 10.3 Å². The molecule has 0 aliphatic rings. The number of hydrogen-bond donors (Lipinski definition) is 2. The van der Waals surface area contributed by atoms with E-state index in [9.17, 15) is 9.18 Å². The summed E-state index contributed by atoms with van der Waals surface area (Å²) in [5.74, 6) is -0.0465. The summed E-state index contributed by atoms with van der Waals surface area (Å²) < 4.78 is 13.7. The minimum Gasteiger partial charge on any atom is -0.337 e. The van der Waals surface area contributed by atoms with Gasteiger partial charge in [-0.25, -0.2) is 9.37 Å². The van der Waals surface area contributed by atoms with Crippen molar-refractivity contribution in [2.24, 2.45) is 0 Å². The highest BCUT2D eigenvalue weighted by atomic mass is 127. The Morgan fingerprint density at radius 3 is 2.88 bits per heavy atom. The zero-order valence-corrected chi connectivity index (χ0v) is 10.2. The maximum atomic E-state index is 13.3. The van der Waals surface area contributed by atoms with Crippen molar-refractivity contribution in [2.45, 2.75) is 0 Å². The maximum Gasteiger partial charge on any atom is 0.266 e. The predicted molar refractivity (Wildman–Crippen MR) is 67.3 cm³/mol. The van der Waals surface area contributed by atoms with Crippen LogP contribution in [-0.4, -0.2) is 9.97 Å². The number of aromatic nitrogens is 2. The van der Waals surface area contributed by atoms with Gasteiger partial charge in [-0.15, -0.1) is 0 Å². The Hall–Kier alpha value is -1.44. The fourth-order valence-corrected chi connectivity index (χ4v) is 1.59. The van der Waals surface area contributed by atoms with Crippen molar-refractivity contribution in [3.05, 3.63) is 50.3 Å². The van der Waals surface area contributed by atoms with Gasteiger partial charge in [-0.3, -0.25) is 4.79 Å². The molecule has 4 nitrogen and oxygen atoms in total. The van der Waals surface area contributed by atoms with Crippen LogP contribution in [0.4, 0.5) is 15.9 Å². The van der Waals surface area contributed by atoms with Crippen molar-refractivity contribution in [3.63, 3.8) is 0 Å². The van der Waals surface area contributed by atoms with Crippen LogP contribution in [0.5, 0.6) is 0 Å². The molecule has 1 aromatic carbocycles. The van der Waals surface area contributed by atoms with Crippen LogP contribution in [0.1, 0.15) is 0 Å². The average molecular weight is 331 g/mol. The molecule has 0 radical (unpaired) electrons. The Kier molecular flexibility index (Phi) is 3.18. The van der Waals surface area contributed by atoms with E-state index in [0.717, 1.165) is 0 Å². The van der Waals surface area contributed by atoms with Crippen LogP contribution in [-0.2, 0) is 0 Å². The Morgan fingerprint density at radius 1 is 1.38 bits per heavy atom. The van der Waals surface area contributed by atoms with E-state index < -0.39 is 0 Å². The fourth-order valence-electron chi connectivity index (χ4n) is 1.16. The lowest BCUT2D eigenvalue weighted by Gasteiger charge is -2.06. The third-order valence-electron chi connectivity index (χ3n) is 1.92. The second kappa shape index (κ2) is 4.60. The number of para-hydroxylation sites is 1. The standard InChI is InChI=1S/C10H7FIN3O/c11-6-3-1-2-4-7(6)15-9-8(12)10(16)14-5-13-9/h1-5H,(H2,13,14,15,16). The maximum absolute atomic E-state index is 13.3. The molecule has 0 saturated carbocycles. The van der Waals surface area contributed by atoms with Crippen LogP contribution in [0, 0.1) is 9.39 Å². The number of hydrogen-bond acceptors (Lipinski definition) is 3. The van der Waals surface area contributed by atoms with Gasteiger partial charge in [0.2, 0.25) is 0 Å². The van der Waals surface area contributed by atoms with Crippen LogP contribution in [0.2, 0.25) is 0 Å². The van der Waals surface area contributed by atoms with Crippen molar-refractivity contribution >= 4 is 34.1 Å². The number of H-pyrrole nitrogens is 1. The van der Waals surface area contributed by atoms with Gasteiger partial charge >= 0.3 is 0 Å². The smallest absolute Gasteiger partial charge is 0.266 e. The monoisotopic (exact) mass is 331 g/mol. The summed E-state index contributed by atoms with van der Waals surface area (Å²) in [5.41, 5.74) is 0.0351. The van der Waals surface area contributed by atoms with Gasteiger partial charge in [0.1, 0.15) is 9.39 Å². The molecule has 0 aliphatic carbocycles. The zero-order chi connectivity index (χ0) is 11.5. The molecular formula is C10H7FIN3O. The van der Waals surface area contributed by atoms with E-state index in [1.807, 2.05) is 22.6 Å². The van der Waals surface area contributed by atoms with Gasteiger partial charge in [-0.05, 0) is 34.7 Å². The molecule has 2 aromatic rings. The van der Waals surface area contributed by atoms with Crippen molar-refractivity contribution in [3.8, 4) is 0 Å². The van der Waals surface area contributed by atoms with E-state index in [1.54, 1.807) is 18.2 Å². The number of halogens is 2. The van der Waals surface area contributed by atoms with E-state index in [2.05, 4.69) is 15.3 Å². The summed E-state index contributed by atoms with van der Waals surface area (Å²) in [7, 11) is 0. The Balaban J connectivity index is 2.38. The SMILES string of the molecule is O=c1[nH]cnc(Nc2ccccc2F)c1I. The molecule has 0 bridgehead atoms. The molecule has 0 atom stereocenters. The van der Waals surface area contributed by atoms with Crippen LogP contribution < -0.4 is 10.9 Å². The van der Waals surface area contributed by atoms with E-state index in [0.29, 0.717) is 15.1 Å². The number of aromatic amines is 1. The Bertz CT molecular complexity index is 570. The van der Waals surface area contributed by atoms with Gasteiger partial charge in [-0.1, -0.05) is 12.1 Å². The minimum atomic E-state index is -0.389. The minimum absolute atomic E-state index is 0.255. The van der Waals surface area contributed by atoms with Gasteiger partial charge in [0.05, 0.1) is 12.0 Å². The van der Waals surface area contributed by atoms with Crippen molar-refractivity contribution in [1.82, 2.24) is 9.97 Å². The first-order chi connectivity index (χ1) is 7.68. The molecule has 82 valence electrons. The van der Waals surface area contributed by atoms with Crippen LogP contribution in [0.15, 0.2) is 35.4 Å². The summed E-state index contributed by atoms with van der Waals surface area (Å²) in [6.07, 6.45) is 1.27. The number of nitrogens with one attached hydrogen (secondary N) is 2. The highest BCUT2D eigenvalue weighted by Gasteiger charge is 2.07. The third kappa shape index (κ3) is 2.21. The van der Waals surface area contributed by atoms with Gasteiger partial charge in [0.25, 0.3) is 5.56 Å². The van der Waals surface area contributed by atoms with Gasteiger partial charge in [-0.2, -0.15) is 0 Å². The molecule has 16 heavy (non-hydrogen) atoms. The first-order valence-electron chi connectivity index (χ1n) is 4.43. The average Bonchev–Trinajstić information content (AvgIpc) is 2.28. The first kappa shape index (κ1) is 11.1. The normalized spacial score (nSPS) is 10.1. The number of benzene rings is 1. The summed E-state index contributed by atoms with van der Waals surface area (Å²) in [6, 6.07) is 6.21. The van der Waals surface area contributed by atoms with Crippen LogP contribution in [0.3, 0.4) is 0 Å². The van der Waals surface area contributed by atoms with Crippen LogP contribution in [0.25, 0.3) is 0 Å². The van der Waals surface area contributed by atoms with E-state index in [1.165, 1.54) is 12.4 Å². The lowest BCUT2D eigenvalue weighted by molar-refractivity contribution is 0.632. The molecule has 1 aromatic heterocycles. The van der Waals surface area contributed by atoms with Crippen molar-refractivity contribution < 1.29 is 4.39 Å². The Labute approximate surface area is 104 Å². The van der Waals surface area contributed by atoms with Gasteiger partial charge in [0.15, 0.2) is 5.82 Å². The molecule has 0 fully saturated rings. The number of anilines is 2. The Morgan fingerprint density at radius 2 is 2.12 bits per heavy atom. The predicted octanol–water partition coefficient (Wildman–Crippen LogP) is 2.26. The summed E-state index contributed by atoms with van der Waals surface area (Å²) in [6.45, 7) is 0. The summed E-state index contributed by atoms with van der Waals surface area (Å²) in [4.78, 5) is 17.6. The molecule has 0 amide bonds. The molecule has 0 unspecified atom stereocenters. The molecule has 0 aliphatic heterocycles. The zero-order valence-electron chi connectivity index (χ0n) is 8.00. The van der Waals surface area contributed by atoms with E-state index >= 15 is 0 Å². The fraction of sp³-hybridized carbons (Fsp3) is 0. The second-order valence-corrected chi connectivity index (χ2v) is 4.08. The van der Waals surface area contributed by atoms with Crippen molar-refractivity contribution in [1.29, 1.82) is 0 Å². The molecule has 2 N–H and O–H groups in total. The quantitative estimate of drug-likeness (QED) is 0.830. The summed E-state index contributed by atoms with van der Waals surface area (Å²) in [5, 5.41) is 2.77. The molecule has 0 saturated heterocycles. The summed E-state index contributed by atoms with van der Waals surface area (Å²) >= 11 is 1.85. The van der Waals surface area contributed by atoms with E-state index in [4.69, 9.17) is 0 Å². The molecule has 2 rings (SSSR count). The highest BCUT2D eigenvalue weighted by molar-refractivity contribution is 14.1. The third-order valence-corrected chi connectivity index (χ3v) is 2.92. The molecular weight excluding hydrogens is 324 g/mol. The topological polar surface area (TPSA) is 57.8 Å². The lowest BCUT2D eigenvalue weighted by Crippen LogP contribution is -2.13. The van der Waals surface area contributed by atoms with E-state index in [-0.39, 0.29) is 11.4 Å².